The van der Waals surface area contributed by atoms with Crippen molar-refractivity contribution in [3.05, 3.63) is 42.6 Å². The predicted molar refractivity (Wildman–Crippen MR) is 193 cm³/mol. The Labute approximate surface area is 295 Å². The minimum atomic E-state index is -0.554. The van der Waals surface area contributed by atoms with Gasteiger partial charge in [0.1, 0.15) is 23.4 Å². The molecule has 2 unspecified atom stereocenters. The van der Waals surface area contributed by atoms with Gasteiger partial charge in [-0.1, -0.05) is 20.3 Å². The van der Waals surface area contributed by atoms with Crippen molar-refractivity contribution in [3.63, 3.8) is 0 Å². The van der Waals surface area contributed by atoms with Gasteiger partial charge in [-0.3, -0.25) is 0 Å². The lowest BCUT2D eigenvalue weighted by atomic mass is 9.81. The topological polar surface area (TPSA) is 120 Å². The highest BCUT2D eigenvalue weighted by Crippen LogP contribution is 2.42. The van der Waals surface area contributed by atoms with Crippen molar-refractivity contribution in [3.8, 4) is 28.7 Å². The van der Waals surface area contributed by atoms with Crippen LogP contribution >= 0.6 is 0 Å². The van der Waals surface area contributed by atoms with Gasteiger partial charge in [0, 0.05) is 68.9 Å². The summed E-state index contributed by atoms with van der Waals surface area (Å²) in [6, 6.07) is 10.5. The van der Waals surface area contributed by atoms with Gasteiger partial charge in [0.05, 0.1) is 40.7 Å². The van der Waals surface area contributed by atoms with E-state index in [-0.39, 0.29) is 23.9 Å². The van der Waals surface area contributed by atoms with E-state index in [0.29, 0.717) is 52.5 Å². The highest BCUT2D eigenvalue weighted by Gasteiger charge is 2.34. The number of piperazine rings is 1. The molecule has 1 amide bonds. The van der Waals surface area contributed by atoms with Gasteiger partial charge in [0.25, 0.3) is 0 Å². The lowest BCUT2D eigenvalue weighted by Gasteiger charge is -2.35. The molecule has 1 N–H and O–H groups in total. The average Bonchev–Trinajstić information content (AvgIpc) is 3.12. The molecule has 1 aromatic heterocycles. The van der Waals surface area contributed by atoms with Crippen LogP contribution in [0.4, 0.5) is 27.9 Å². The number of rotatable bonds is 14. The van der Waals surface area contributed by atoms with Crippen LogP contribution in [0.1, 0.15) is 39.5 Å². The Balaban J connectivity index is 1.40. The summed E-state index contributed by atoms with van der Waals surface area (Å²) in [4.78, 5) is 29.6. The quantitative estimate of drug-likeness (QED) is 0.189. The molecule has 1 aliphatic heterocycles. The van der Waals surface area contributed by atoms with Crippen LogP contribution in [0.2, 0.25) is 0 Å². The van der Waals surface area contributed by atoms with E-state index in [9.17, 15) is 4.79 Å². The predicted octanol–water partition coefficient (Wildman–Crippen LogP) is 6.37. The molecule has 1 aliphatic carbocycles. The molecule has 50 heavy (non-hydrogen) atoms. The Morgan fingerprint density at radius 3 is 2.30 bits per heavy atom. The lowest BCUT2D eigenvalue weighted by molar-refractivity contribution is 0.0144. The Morgan fingerprint density at radius 2 is 1.62 bits per heavy atom. The van der Waals surface area contributed by atoms with Crippen molar-refractivity contribution >= 4 is 29.2 Å². The Hall–Kier alpha value is -4.49. The molecule has 2 fully saturated rings. The van der Waals surface area contributed by atoms with Crippen molar-refractivity contribution in [2.75, 3.05) is 85.0 Å². The number of benzene rings is 2. The summed E-state index contributed by atoms with van der Waals surface area (Å²) in [5.74, 6) is 3.56. The van der Waals surface area contributed by atoms with Crippen LogP contribution < -0.4 is 33.9 Å². The molecule has 2 aromatic carbocycles. The highest BCUT2D eigenvalue weighted by atomic mass is 16.6. The normalized spacial score (nSPS) is 19.7. The molecular formula is C37H52N6O7. The van der Waals surface area contributed by atoms with Crippen molar-refractivity contribution in [2.24, 2.45) is 11.8 Å². The maximum Gasteiger partial charge on any atom is 0.420 e. The molecule has 0 bridgehead atoms. The first-order valence-electron chi connectivity index (χ1n) is 17.4. The number of methoxy groups -OCH3 is 4. The first-order chi connectivity index (χ1) is 24.2. The molecule has 2 heterocycles. The summed E-state index contributed by atoms with van der Waals surface area (Å²) in [6.07, 6.45) is 4.80. The fourth-order valence-corrected chi connectivity index (χ4v) is 6.65. The monoisotopic (exact) mass is 692 g/mol. The van der Waals surface area contributed by atoms with E-state index in [1.165, 1.54) is 4.90 Å². The molecule has 1 saturated heterocycles. The second-order valence-electron chi connectivity index (χ2n) is 13.0. The van der Waals surface area contributed by atoms with Gasteiger partial charge >= 0.3 is 6.09 Å². The number of carbonyl (C=O) groups excluding carboxylic acids is 1. The molecule has 3 aromatic rings. The van der Waals surface area contributed by atoms with Crippen molar-refractivity contribution in [1.82, 2.24) is 19.8 Å². The molecule has 13 nitrogen and oxygen atoms in total. The van der Waals surface area contributed by atoms with E-state index in [1.807, 2.05) is 6.07 Å². The van der Waals surface area contributed by atoms with Crippen molar-refractivity contribution < 1.29 is 33.2 Å². The molecule has 5 rings (SSSR count). The molecular weight excluding hydrogens is 640 g/mol. The van der Waals surface area contributed by atoms with E-state index in [0.717, 1.165) is 58.4 Å². The largest absolute Gasteiger partial charge is 0.497 e. The molecule has 1 saturated carbocycles. The minimum Gasteiger partial charge on any atom is -0.497 e. The molecule has 0 spiro atoms. The van der Waals surface area contributed by atoms with E-state index >= 15 is 0 Å². The third-order valence-electron chi connectivity index (χ3n) is 9.53. The number of nitrogens with zero attached hydrogens (tertiary/aromatic N) is 5. The van der Waals surface area contributed by atoms with Gasteiger partial charge in [-0.25, -0.2) is 14.7 Å². The zero-order chi connectivity index (χ0) is 35.6. The van der Waals surface area contributed by atoms with Gasteiger partial charge in [0.15, 0.2) is 11.5 Å². The maximum absolute atomic E-state index is 14.1. The van der Waals surface area contributed by atoms with Gasteiger partial charge in [-0.2, -0.15) is 4.98 Å². The van der Waals surface area contributed by atoms with Crippen LogP contribution in [-0.2, 0) is 4.74 Å². The number of hydrogen-bond donors (Lipinski definition) is 1. The maximum atomic E-state index is 14.1. The Morgan fingerprint density at radius 1 is 0.900 bits per heavy atom. The summed E-state index contributed by atoms with van der Waals surface area (Å²) in [7, 11) is 8.45. The van der Waals surface area contributed by atoms with Gasteiger partial charge in [0.2, 0.25) is 11.7 Å². The van der Waals surface area contributed by atoms with E-state index in [4.69, 9.17) is 33.4 Å². The van der Waals surface area contributed by atoms with Gasteiger partial charge < -0.3 is 43.5 Å². The second kappa shape index (κ2) is 17.4. The number of carbonyl (C=O) groups is 1. The van der Waals surface area contributed by atoms with Gasteiger partial charge in [-0.15, -0.1) is 0 Å². The first kappa shape index (κ1) is 36.8. The van der Waals surface area contributed by atoms with Crippen LogP contribution in [0.5, 0.6) is 28.7 Å². The number of likely N-dealkylation sites (N-methyl/N-ethyl adjacent to an activating group) is 1. The first-order valence-corrected chi connectivity index (χ1v) is 17.4. The van der Waals surface area contributed by atoms with E-state index in [1.54, 1.807) is 65.0 Å². The smallest absolute Gasteiger partial charge is 0.420 e. The van der Waals surface area contributed by atoms with Crippen molar-refractivity contribution in [2.45, 2.75) is 45.6 Å². The minimum absolute atomic E-state index is 0.228. The summed E-state index contributed by atoms with van der Waals surface area (Å²) in [6.45, 7) is 10.0. The average molecular weight is 693 g/mol. The lowest BCUT2D eigenvalue weighted by Crippen LogP contribution is -2.44. The second-order valence-corrected chi connectivity index (χ2v) is 13.0. The number of aromatic nitrogens is 2. The van der Waals surface area contributed by atoms with Crippen LogP contribution in [0, 0.1) is 11.8 Å². The third kappa shape index (κ3) is 8.99. The van der Waals surface area contributed by atoms with Crippen LogP contribution in [-0.4, -0.2) is 107 Å². The summed E-state index contributed by atoms with van der Waals surface area (Å²) in [5.41, 5.74) is 1.08. The fourth-order valence-electron chi connectivity index (χ4n) is 6.65. The number of amides is 1. The standard InChI is InChI=1S/C37H52N6O7/c1-25-10-8-11-26(2)34(25)50-37(44)43(29-13-12-28(45-4)24-30(29)46-5)33-14-15-38-36(40-33)39-27-22-31(47-6)35(48-7)32(23-27)49-21-9-16-42-19-17-41(3)18-20-42/h12-15,22-26,34H,8-11,16-21H2,1-7H3,(H,38,39,40). The van der Waals surface area contributed by atoms with Crippen molar-refractivity contribution in [1.29, 1.82) is 0 Å². The zero-order valence-corrected chi connectivity index (χ0v) is 30.4. The highest BCUT2D eigenvalue weighted by molar-refractivity contribution is 5.97. The summed E-state index contributed by atoms with van der Waals surface area (Å²) in [5, 5.41) is 3.26. The Kier molecular flexibility index (Phi) is 12.8. The van der Waals surface area contributed by atoms with Crippen LogP contribution in [0.3, 0.4) is 0 Å². The molecule has 272 valence electrons. The summed E-state index contributed by atoms with van der Waals surface area (Å²) >= 11 is 0. The third-order valence-corrected chi connectivity index (χ3v) is 9.53. The number of nitrogens with one attached hydrogen (secondary N) is 1. The SMILES string of the molecule is COc1ccc(N(C(=O)OC2C(C)CCCC2C)c2ccnc(Nc3cc(OC)c(OC)c(OCCCN4CCN(C)CC4)c3)n2)c(OC)c1. The molecule has 2 aliphatic rings. The van der Waals surface area contributed by atoms with Crippen LogP contribution in [0.25, 0.3) is 0 Å². The number of anilines is 4. The summed E-state index contributed by atoms with van der Waals surface area (Å²) < 4.78 is 34.9. The van der Waals surface area contributed by atoms with Crippen LogP contribution in [0.15, 0.2) is 42.6 Å². The Bertz CT molecular complexity index is 1560. The molecule has 0 radical (unpaired) electrons. The van der Waals surface area contributed by atoms with E-state index in [2.05, 4.69) is 41.0 Å². The van der Waals surface area contributed by atoms with Gasteiger partial charge in [-0.05, 0) is 50.3 Å². The molecule has 13 heteroatoms. The number of ether oxygens (including phenoxy) is 6. The number of hydrogen-bond acceptors (Lipinski definition) is 12. The zero-order valence-electron chi connectivity index (χ0n) is 30.4. The molecule has 2 atom stereocenters. The fraction of sp³-hybridized carbons (Fsp3) is 0.541. The van der Waals surface area contributed by atoms with E-state index < -0.39 is 6.09 Å².